The van der Waals surface area contributed by atoms with E-state index < -0.39 is 7.29 Å². The van der Waals surface area contributed by atoms with E-state index >= 15 is 0 Å². The van der Waals surface area contributed by atoms with Crippen LogP contribution in [0.3, 0.4) is 0 Å². The van der Waals surface area contributed by atoms with E-state index in [4.69, 9.17) is 4.74 Å². The summed E-state index contributed by atoms with van der Waals surface area (Å²) in [5.41, 5.74) is 0. The molecule has 0 radical (unpaired) electrons. The first-order valence-corrected chi connectivity index (χ1v) is 6.29. The molecule has 4 nitrogen and oxygen atoms in total. The fourth-order valence-electron chi connectivity index (χ4n) is 1.10. The number of esters is 1. The molecule has 1 aliphatic rings. The topological polar surface area (TPSA) is 55.4 Å². The van der Waals surface area contributed by atoms with Gasteiger partial charge in [-0.3, -0.25) is 9.88 Å². The highest BCUT2D eigenvalue weighted by Gasteiger charge is 2.40. The number of carbonyl (C=O) groups excluding carboxylic acids is 1. The van der Waals surface area contributed by atoms with Crippen LogP contribution < -0.4 is 5.09 Å². The largest absolute Gasteiger partial charge is 0.462 e. The van der Waals surface area contributed by atoms with Gasteiger partial charge >= 0.3 is 5.97 Å². The number of nitrogens with one attached hydrogen (secondary N) is 1. The minimum Gasteiger partial charge on any atom is -0.462 e. The first-order chi connectivity index (χ1) is 5.41. The van der Waals surface area contributed by atoms with Gasteiger partial charge in [0.05, 0.1) is 6.10 Å². The van der Waals surface area contributed by atoms with E-state index in [1.165, 1.54) is 0 Å². The highest BCUT2D eigenvalue weighted by Crippen LogP contribution is 2.46. The van der Waals surface area contributed by atoms with Crippen molar-refractivity contribution in [1.29, 1.82) is 0 Å². The molecule has 1 fully saturated rings. The summed E-state index contributed by atoms with van der Waals surface area (Å²) in [6, 6.07) is -0.344. The van der Waals surface area contributed by atoms with Crippen LogP contribution in [-0.4, -0.2) is 30.9 Å². The van der Waals surface area contributed by atoms with Crippen LogP contribution in [0.2, 0.25) is 0 Å². The van der Waals surface area contributed by atoms with E-state index in [0.717, 1.165) is 0 Å². The molecule has 1 N–H and O–H groups in total. The van der Waals surface area contributed by atoms with E-state index in [2.05, 4.69) is 5.09 Å². The third-order valence-electron chi connectivity index (χ3n) is 1.60. The minimum atomic E-state index is -2.17. The monoisotopic (exact) mass is 191 g/mol. The molecule has 0 bridgehead atoms. The minimum absolute atomic E-state index is 0.101. The van der Waals surface area contributed by atoms with Crippen LogP contribution in [0, 0.1) is 0 Å². The number of carbonyl (C=O) groups is 1. The number of hydrogen-bond acceptors (Lipinski definition) is 3. The molecule has 2 atom stereocenters. The second-order valence-electron chi connectivity index (χ2n) is 3.45. The SMILES string of the molecule is CC(C)OC(=O)[C@@H]1C[P@@](C)(=O)N1. The predicted octanol–water partition coefficient (Wildman–Crippen LogP) is 0.818. The van der Waals surface area contributed by atoms with Crippen LogP contribution in [0.5, 0.6) is 0 Å². The Balaban J connectivity index is 2.33. The molecular weight excluding hydrogens is 177 g/mol. The Hall–Kier alpha value is -0.340. The third kappa shape index (κ3) is 2.32. The molecule has 1 heterocycles. The number of rotatable bonds is 2. The molecule has 0 aromatic heterocycles. The zero-order valence-electron chi connectivity index (χ0n) is 7.53. The van der Waals surface area contributed by atoms with Crippen molar-refractivity contribution < 1.29 is 14.1 Å². The maximum atomic E-state index is 11.2. The van der Waals surface area contributed by atoms with Crippen LogP contribution in [0.25, 0.3) is 0 Å². The maximum Gasteiger partial charge on any atom is 0.324 e. The molecule has 1 aliphatic heterocycles. The lowest BCUT2D eigenvalue weighted by molar-refractivity contribution is -0.149. The van der Waals surface area contributed by atoms with E-state index in [1.54, 1.807) is 20.5 Å². The summed E-state index contributed by atoms with van der Waals surface area (Å²) in [7, 11) is -2.17. The van der Waals surface area contributed by atoms with Crippen molar-refractivity contribution in [2.45, 2.75) is 26.0 Å². The van der Waals surface area contributed by atoms with Gasteiger partial charge < -0.3 is 9.30 Å². The molecule has 1 rings (SSSR count). The fraction of sp³-hybridized carbons (Fsp3) is 0.857. The van der Waals surface area contributed by atoms with Crippen LogP contribution in [0.1, 0.15) is 13.8 Å². The first kappa shape index (κ1) is 9.75. The average molecular weight is 191 g/mol. The molecule has 70 valence electrons. The van der Waals surface area contributed by atoms with Crippen molar-refractivity contribution in [2.75, 3.05) is 12.8 Å². The van der Waals surface area contributed by atoms with Gasteiger partial charge in [-0.1, -0.05) is 0 Å². The Bertz CT molecular complexity index is 229. The van der Waals surface area contributed by atoms with Gasteiger partial charge in [0, 0.05) is 12.8 Å². The summed E-state index contributed by atoms with van der Waals surface area (Å²) < 4.78 is 16.1. The molecule has 5 heteroatoms. The van der Waals surface area contributed by atoms with Gasteiger partial charge in [-0.15, -0.1) is 0 Å². The first-order valence-electron chi connectivity index (χ1n) is 3.95. The summed E-state index contributed by atoms with van der Waals surface area (Å²) in [5, 5.41) is 2.71. The predicted molar refractivity (Wildman–Crippen MR) is 46.5 cm³/mol. The molecule has 12 heavy (non-hydrogen) atoms. The van der Waals surface area contributed by atoms with Crippen molar-refractivity contribution in [2.24, 2.45) is 0 Å². The van der Waals surface area contributed by atoms with Gasteiger partial charge in [-0.2, -0.15) is 0 Å². The van der Waals surface area contributed by atoms with Crippen LogP contribution in [0.15, 0.2) is 0 Å². The molecule has 1 saturated heterocycles. The highest BCUT2D eigenvalue weighted by atomic mass is 31.2. The lowest BCUT2D eigenvalue weighted by Crippen LogP contribution is -2.49. The lowest BCUT2D eigenvalue weighted by atomic mass is 10.3. The molecule has 0 saturated carbocycles. The molecule has 0 amide bonds. The normalized spacial score (nSPS) is 34.5. The van der Waals surface area contributed by atoms with Gasteiger partial charge in [0.15, 0.2) is 0 Å². The molecule has 0 aromatic carbocycles. The molecule has 0 unspecified atom stereocenters. The Kier molecular flexibility index (Phi) is 2.59. The van der Waals surface area contributed by atoms with Crippen molar-refractivity contribution >= 4 is 13.3 Å². The quantitative estimate of drug-likeness (QED) is 0.518. The Labute approximate surface area is 72.1 Å². The molecular formula is C7H14NO3P. The van der Waals surface area contributed by atoms with Gasteiger partial charge in [-0.05, 0) is 13.8 Å². The standard InChI is InChI=1S/C7H14NO3P/c1-5(2)11-7(9)6-4-12(3,10)8-6/h5-6H,4H2,1-3H3,(H,8,10)/t6-,12+/m0/s1. The maximum absolute atomic E-state index is 11.2. The van der Waals surface area contributed by atoms with E-state index in [1.807, 2.05) is 0 Å². The van der Waals surface area contributed by atoms with Gasteiger partial charge in [0.2, 0.25) is 0 Å². The van der Waals surface area contributed by atoms with Gasteiger partial charge in [0.25, 0.3) is 0 Å². The third-order valence-corrected chi connectivity index (χ3v) is 3.52. The summed E-state index contributed by atoms with van der Waals surface area (Å²) in [5.74, 6) is -0.293. The Morgan fingerprint density at radius 3 is 2.50 bits per heavy atom. The summed E-state index contributed by atoms with van der Waals surface area (Å²) in [4.78, 5) is 11.1. The van der Waals surface area contributed by atoms with Crippen LogP contribution >= 0.6 is 7.29 Å². The average Bonchev–Trinajstić information content (AvgIpc) is 1.80. The van der Waals surface area contributed by atoms with Crippen molar-refractivity contribution in [3.63, 3.8) is 0 Å². The summed E-state index contributed by atoms with van der Waals surface area (Å²) in [6.45, 7) is 5.22. The smallest absolute Gasteiger partial charge is 0.324 e. The number of ether oxygens (including phenoxy) is 1. The van der Waals surface area contributed by atoms with E-state index in [-0.39, 0.29) is 18.1 Å². The fourth-order valence-corrected chi connectivity index (χ4v) is 2.67. The molecule has 0 aromatic rings. The Morgan fingerprint density at radius 1 is 1.67 bits per heavy atom. The second kappa shape index (κ2) is 3.19. The lowest BCUT2D eigenvalue weighted by Gasteiger charge is -2.33. The van der Waals surface area contributed by atoms with Crippen LogP contribution in [-0.2, 0) is 14.1 Å². The summed E-state index contributed by atoms with van der Waals surface area (Å²) in [6.07, 6.45) is 0.328. The van der Waals surface area contributed by atoms with Crippen molar-refractivity contribution in [1.82, 2.24) is 5.09 Å². The zero-order valence-corrected chi connectivity index (χ0v) is 8.43. The van der Waals surface area contributed by atoms with E-state index in [9.17, 15) is 9.36 Å². The van der Waals surface area contributed by atoms with Crippen molar-refractivity contribution in [3.8, 4) is 0 Å². The highest BCUT2D eigenvalue weighted by molar-refractivity contribution is 7.62. The van der Waals surface area contributed by atoms with Crippen LogP contribution in [0.4, 0.5) is 0 Å². The second-order valence-corrected chi connectivity index (χ2v) is 6.28. The summed E-state index contributed by atoms with van der Waals surface area (Å²) >= 11 is 0. The number of hydrogen-bond donors (Lipinski definition) is 1. The Morgan fingerprint density at radius 2 is 2.17 bits per heavy atom. The van der Waals surface area contributed by atoms with E-state index in [0.29, 0.717) is 6.16 Å². The van der Waals surface area contributed by atoms with Crippen molar-refractivity contribution in [3.05, 3.63) is 0 Å². The van der Waals surface area contributed by atoms with Gasteiger partial charge in [-0.25, -0.2) is 0 Å². The zero-order chi connectivity index (χ0) is 9.35. The molecule has 0 aliphatic carbocycles. The van der Waals surface area contributed by atoms with Gasteiger partial charge in [0.1, 0.15) is 13.3 Å². The molecule has 0 spiro atoms.